The van der Waals surface area contributed by atoms with E-state index in [9.17, 15) is 10.1 Å². The van der Waals surface area contributed by atoms with Gasteiger partial charge in [-0.3, -0.25) is 0 Å². The molecule has 116 valence electrons. The monoisotopic (exact) mass is 301 g/mol. The summed E-state index contributed by atoms with van der Waals surface area (Å²) in [6.07, 6.45) is 4.54. The second-order valence-corrected chi connectivity index (χ2v) is 5.72. The molecule has 1 N–H and O–H groups in total. The van der Waals surface area contributed by atoms with E-state index in [1.807, 2.05) is 24.3 Å². The summed E-state index contributed by atoms with van der Waals surface area (Å²) >= 11 is 0. The van der Waals surface area contributed by atoms with Crippen LogP contribution in [0.4, 0.5) is 0 Å². The zero-order valence-corrected chi connectivity index (χ0v) is 13.0. The van der Waals surface area contributed by atoms with Crippen LogP contribution in [0.5, 0.6) is 5.75 Å². The molecule has 1 aromatic heterocycles. The minimum atomic E-state index is 0.505. The number of hydrogen-bond donors (Lipinski definition) is 1. The molecular formula is C17H21N2O3+. The van der Waals surface area contributed by atoms with Crippen LogP contribution in [0.3, 0.4) is 0 Å². The van der Waals surface area contributed by atoms with Crippen molar-refractivity contribution in [3.63, 3.8) is 0 Å². The van der Waals surface area contributed by atoms with E-state index in [1.165, 1.54) is 4.73 Å². The fraction of sp³-hybridized carbons (Fsp3) is 0.412. The van der Waals surface area contributed by atoms with E-state index in [4.69, 9.17) is 4.74 Å². The number of aromatic nitrogens is 2. The van der Waals surface area contributed by atoms with Gasteiger partial charge in [0.1, 0.15) is 17.1 Å². The van der Waals surface area contributed by atoms with Crippen LogP contribution in [0.1, 0.15) is 36.3 Å². The lowest BCUT2D eigenvalue weighted by Crippen LogP contribution is -2.31. The van der Waals surface area contributed by atoms with Crippen molar-refractivity contribution in [2.75, 3.05) is 7.11 Å². The summed E-state index contributed by atoms with van der Waals surface area (Å²) in [6, 6.07) is 7.33. The van der Waals surface area contributed by atoms with Crippen molar-refractivity contribution < 1.29 is 14.4 Å². The predicted octanol–water partition coefficient (Wildman–Crippen LogP) is 2.89. The van der Waals surface area contributed by atoms with E-state index in [1.54, 1.807) is 14.0 Å². The normalized spacial score (nSPS) is 14.3. The summed E-state index contributed by atoms with van der Waals surface area (Å²) in [6.45, 7) is 1.78. The SMILES string of the molecule is COc1ccc(-c2c(C)n(O)c3c([n+]2=O)CCCCC3)cc1. The van der Waals surface area contributed by atoms with E-state index in [0.29, 0.717) is 23.5 Å². The van der Waals surface area contributed by atoms with E-state index >= 15 is 0 Å². The van der Waals surface area contributed by atoms with Crippen molar-refractivity contribution in [3.05, 3.63) is 46.3 Å². The standard InChI is InChI=1S/C17H21N2O3/c1-12-17(13-8-10-14(22-2)11-9-13)19(21)16-7-5-3-4-6-15(16)18(12)20/h8-11,20H,3-7H2,1-2H3/q+1. The third kappa shape index (κ3) is 2.36. The van der Waals surface area contributed by atoms with Crippen LogP contribution < -0.4 is 9.16 Å². The summed E-state index contributed by atoms with van der Waals surface area (Å²) in [5, 5.41) is 10.5. The first-order valence-corrected chi connectivity index (χ1v) is 7.67. The van der Waals surface area contributed by atoms with Crippen LogP contribution in [-0.2, 0) is 12.8 Å². The van der Waals surface area contributed by atoms with Crippen molar-refractivity contribution in [2.24, 2.45) is 0 Å². The highest BCUT2D eigenvalue weighted by Crippen LogP contribution is 2.25. The maximum atomic E-state index is 12.9. The molecule has 2 aromatic rings. The molecule has 22 heavy (non-hydrogen) atoms. The number of methoxy groups -OCH3 is 1. The lowest BCUT2D eigenvalue weighted by molar-refractivity contribution is -0.495. The second kappa shape index (κ2) is 5.83. The van der Waals surface area contributed by atoms with E-state index in [2.05, 4.69) is 0 Å². The highest BCUT2D eigenvalue weighted by molar-refractivity contribution is 5.59. The molecule has 5 heteroatoms. The van der Waals surface area contributed by atoms with Crippen molar-refractivity contribution in [3.8, 4) is 17.0 Å². The van der Waals surface area contributed by atoms with Gasteiger partial charge in [0.25, 0.3) is 11.4 Å². The number of fused-ring (bicyclic) bond motifs is 1. The van der Waals surface area contributed by atoms with Crippen LogP contribution in [0.2, 0.25) is 0 Å². The zero-order valence-electron chi connectivity index (χ0n) is 13.0. The fourth-order valence-corrected chi connectivity index (χ4v) is 3.16. The smallest absolute Gasteiger partial charge is 0.292 e. The highest BCUT2D eigenvalue weighted by Gasteiger charge is 2.29. The molecule has 0 saturated heterocycles. The van der Waals surface area contributed by atoms with E-state index < -0.39 is 0 Å². The van der Waals surface area contributed by atoms with Gasteiger partial charge in [0.2, 0.25) is 0 Å². The molecule has 0 fully saturated rings. The molecule has 1 heterocycles. The Hall–Kier alpha value is -2.30. The van der Waals surface area contributed by atoms with Gasteiger partial charge in [0.05, 0.1) is 17.1 Å². The van der Waals surface area contributed by atoms with Crippen LogP contribution in [0.15, 0.2) is 24.3 Å². The molecule has 5 nitrogen and oxygen atoms in total. The van der Waals surface area contributed by atoms with Crippen molar-refractivity contribution in [1.82, 2.24) is 4.73 Å². The van der Waals surface area contributed by atoms with E-state index in [0.717, 1.165) is 47.1 Å². The van der Waals surface area contributed by atoms with Crippen molar-refractivity contribution in [1.29, 1.82) is 0 Å². The van der Waals surface area contributed by atoms with Crippen LogP contribution in [-0.4, -0.2) is 17.0 Å². The lowest BCUT2D eigenvalue weighted by Gasteiger charge is -2.10. The molecule has 0 amide bonds. The molecule has 0 spiro atoms. The second-order valence-electron chi connectivity index (χ2n) is 5.72. The highest BCUT2D eigenvalue weighted by atomic mass is 16.5. The molecule has 0 aliphatic heterocycles. The zero-order chi connectivity index (χ0) is 15.7. The number of rotatable bonds is 2. The van der Waals surface area contributed by atoms with Crippen LogP contribution in [0.25, 0.3) is 11.3 Å². The van der Waals surface area contributed by atoms with Crippen molar-refractivity contribution >= 4 is 0 Å². The summed E-state index contributed by atoms with van der Waals surface area (Å²) < 4.78 is 7.36. The van der Waals surface area contributed by atoms with Gasteiger partial charge in [-0.2, -0.15) is 4.73 Å². The molecule has 0 atom stereocenters. The Morgan fingerprint density at radius 1 is 1.14 bits per heavy atom. The van der Waals surface area contributed by atoms with Gasteiger partial charge in [0, 0.05) is 11.3 Å². The quantitative estimate of drug-likeness (QED) is 0.527. The molecule has 0 saturated carbocycles. The maximum absolute atomic E-state index is 12.9. The summed E-state index contributed by atoms with van der Waals surface area (Å²) in [5.74, 6) is 0.741. The molecule has 0 bridgehead atoms. The summed E-state index contributed by atoms with van der Waals surface area (Å²) in [5.41, 5.74) is 3.30. The number of hydrogen-bond acceptors (Lipinski definition) is 3. The average molecular weight is 301 g/mol. The van der Waals surface area contributed by atoms with Crippen LogP contribution in [0, 0.1) is 11.8 Å². The molecular weight excluding hydrogens is 280 g/mol. The van der Waals surface area contributed by atoms with Gasteiger partial charge < -0.3 is 9.94 Å². The van der Waals surface area contributed by atoms with Gasteiger partial charge in [0.15, 0.2) is 0 Å². The Kier molecular flexibility index (Phi) is 3.88. The maximum Gasteiger partial charge on any atom is 0.292 e. The first-order valence-electron chi connectivity index (χ1n) is 7.67. The minimum Gasteiger partial charge on any atom is -0.497 e. The van der Waals surface area contributed by atoms with Gasteiger partial charge in [-0.05, 0) is 50.5 Å². The largest absolute Gasteiger partial charge is 0.497 e. The third-order valence-electron chi connectivity index (χ3n) is 4.39. The Balaban J connectivity index is 2.21. The summed E-state index contributed by atoms with van der Waals surface area (Å²) in [4.78, 5) is 12.9. The van der Waals surface area contributed by atoms with Gasteiger partial charge >= 0.3 is 0 Å². The third-order valence-corrected chi connectivity index (χ3v) is 4.39. The number of benzene rings is 1. The first-order chi connectivity index (χ1) is 10.6. The topological polar surface area (TPSA) is 57.4 Å². The molecule has 3 rings (SSSR count). The number of ether oxygens (including phenoxy) is 1. The molecule has 0 radical (unpaired) electrons. The lowest BCUT2D eigenvalue weighted by atomic mass is 10.1. The molecule has 1 aliphatic rings. The predicted molar refractivity (Wildman–Crippen MR) is 83.0 cm³/mol. The Morgan fingerprint density at radius 2 is 1.82 bits per heavy atom. The van der Waals surface area contributed by atoms with Crippen molar-refractivity contribution in [2.45, 2.75) is 39.0 Å². The molecule has 0 unspecified atom stereocenters. The van der Waals surface area contributed by atoms with Gasteiger partial charge in [-0.25, -0.2) is 0 Å². The number of nitrogens with zero attached hydrogens (tertiary/aromatic N) is 2. The first kappa shape index (κ1) is 14.6. The Bertz CT molecular complexity index is 748. The van der Waals surface area contributed by atoms with Gasteiger partial charge in [-0.1, -0.05) is 6.42 Å². The van der Waals surface area contributed by atoms with Gasteiger partial charge in [-0.15, -0.1) is 0 Å². The molecule has 1 aromatic carbocycles. The van der Waals surface area contributed by atoms with E-state index in [-0.39, 0.29) is 0 Å². The molecule has 1 aliphatic carbocycles. The fourth-order valence-electron chi connectivity index (χ4n) is 3.16. The van der Waals surface area contributed by atoms with Crippen LogP contribution >= 0.6 is 0 Å². The average Bonchev–Trinajstić information content (AvgIpc) is 2.80. The Labute approximate surface area is 129 Å². The minimum absolute atomic E-state index is 0.505. The summed E-state index contributed by atoms with van der Waals surface area (Å²) in [7, 11) is 1.61. The Morgan fingerprint density at radius 3 is 2.50 bits per heavy atom.